The molecule has 92 valence electrons. The summed E-state index contributed by atoms with van der Waals surface area (Å²) in [5.74, 6) is 0.978. The fourth-order valence-corrected chi connectivity index (χ4v) is 3.03. The molecule has 1 aromatic heterocycles. The van der Waals surface area contributed by atoms with Gasteiger partial charge in [-0.1, -0.05) is 0 Å². The Bertz CT molecular complexity index is 425. The van der Waals surface area contributed by atoms with E-state index in [1.54, 1.807) is 18.4 Å². The van der Waals surface area contributed by atoms with Crippen molar-refractivity contribution in [3.05, 3.63) is 16.3 Å². The van der Waals surface area contributed by atoms with Gasteiger partial charge >= 0.3 is 0 Å². The van der Waals surface area contributed by atoms with E-state index in [4.69, 9.17) is 10.5 Å². The van der Waals surface area contributed by atoms with Gasteiger partial charge in [0.1, 0.15) is 15.6 Å². The first kappa shape index (κ1) is 13.5. The Morgan fingerprint density at radius 2 is 2.25 bits per heavy atom. The van der Waals surface area contributed by atoms with Crippen LogP contribution in [0.4, 0.5) is 0 Å². The standard InChI is InChI=1S/C10H17NO3S2/c1-14-9-5-6-15-10(9)8(11)4-3-7-16(2,12)13/h5-6,8H,3-4,7,11H2,1-2H3. The van der Waals surface area contributed by atoms with E-state index in [2.05, 4.69) is 0 Å². The second kappa shape index (κ2) is 5.65. The maximum Gasteiger partial charge on any atom is 0.147 e. The van der Waals surface area contributed by atoms with Crippen LogP contribution in [0.25, 0.3) is 0 Å². The van der Waals surface area contributed by atoms with Crippen molar-refractivity contribution in [1.82, 2.24) is 0 Å². The van der Waals surface area contributed by atoms with Gasteiger partial charge in [0.2, 0.25) is 0 Å². The Hall–Kier alpha value is -0.590. The fraction of sp³-hybridized carbons (Fsp3) is 0.600. The molecular weight excluding hydrogens is 246 g/mol. The van der Waals surface area contributed by atoms with E-state index in [1.165, 1.54) is 6.26 Å². The summed E-state index contributed by atoms with van der Waals surface area (Å²) in [5.41, 5.74) is 5.98. The number of methoxy groups -OCH3 is 1. The van der Waals surface area contributed by atoms with Crippen molar-refractivity contribution in [2.45, 2.75) is 18.9 Å². The average molecular weight is 263 g/mol. The first-order chi connectivity index (χ1) is 7.44. The van der Waals surface area contributed by atoms with E-state index in [1.807, 2.05) is 11.4 Å². The van der Waals surface area contributed by atoms with Gasteiger partial charge in [-0.25, -0.2) is 8.42 Å². The zero-order valence-electron chi connectivity index (χ0n) is 9.47. The van der Waals surface area contributed by atoms with Crippen LogP contribution < -0.4 is 10.5 Å². The smallest absolute Gasteiger partial charge is 0.147 e. The van der Waals surface area contributed by atoms with Crippen LogP contribution in [-0.2, 0) is 9.84 Å². The van der Waals surface area contributed by atoms with Crippen LogP contribution in [0.5, 0.6) is 5.75 Å². The van der Waals surface area contributed by atoms with E-state index in [9.17, 15) is 8.42 Å². The number of thiophene rings is 1. The molecule has 0 saturated heterocycles. The van der Waals surface area contributed by atoms with Gasteiger partial charge < -0.3 is 10.5 Å². The number of nitrogens with two attached hydrogens (primary N) is 1. The van der Waals surface area contributed by atoms with E-state index in [0.717, 1.165) is 10.6 Å². The summed E-state index contributed by atoms with van der Waals surface area (Å²) in [4.78, 5) is 0.982. The van der Waals surface area contributed by atoms with Gasteiger partial charge in [0.25, 0.3) is 0 Å². The third-order valence-corrected chi connectivity index (χ3v) is 4.30. The summed E-state index contributed by atoms with van der Waals surface area (Å²) in [6, 6.07) is 1.73. The Morgan fingerprint density at radius 3 is 2.81 bits per heavy atom. The van der Waals surface area contributed by atoms with Crippen LogP contribution >= 0.6 is 11.3 Å². The molecule has 0 spiro atoms. The predicted molar refractivity (Wildman–Crippen MR) is 66.7 cm³/mol. The lowest BCUT2D eigenvalue weighted by Gasteiger charge is -2.11. The largest absolute Gasteiger partial charge is 0.496 e. The molecule has 0 bridgehead atoms. The average Bonchev–Trinajstić information content (AvgIpc) is 2.63. The first-order valence-electron chi connectivity index (χ1n) is 4.98. The minimum Gasteiger partial charge on any atom is -0.496 e. The van der Waals surface area contributed by atoms with Crippen molar-refractivity contribution in [3.8, 4) is 5.75 Å². The van der Waals surface area contributed by atoms with Gasteiger partial charge in [0.15, 0.2) is 0 Å². The number of sulfone groups is 1. The molecule has 0 aliphatic rings. The molecule has 0 aliphatic carbocycles. The summed E-state index contributed by atoms with van der Waals surface area (Å²) < 4.78 is 27.1. The van der Waals surface area contributed by atoms with Gasteiger partial charge in [-0.3, -0.25) is 0 Å². The van der Waals surface area contributed by atoms with Crippen LogP contribution in [-0.4, -0.2) is 27.5 Å². The molecule has 1 unspecified atom stereocenters. The predicted octanol–water partition coefficient (Wildman–Crippen LogP) is 1.58. The van der Waals surface area contributed by atoms with Crippen molar-refractivity contribution in [3.63, 3.8) is 0 Å². The lowest BCUT2D eigenvalue weighted by atomic mass is 10.1. The van der Waals surface area contributed by atoms with E-state index < -0.39 is 9.84 Å². The number of ether oxygens (including phenoxy) is 1. The monoisotopic (exact) mass is 263 g/mol. The molecule has 1 atom stereocenters. The van der Waals surface area contributed by atoms with Crippen LogP contribution in [0.1, 0.15) is 23.8 Å². The third kappa shape index (κ3) is 4.11. The van der Waals surface area contributed by atoms with Gasteiger partial charge in [-0.05, 0) is 24.3 Å². The molecule has 1 heterocycles. The second-order valence-electron chi connectivity index (χ2n) is 3.73. The molecule has 1 aromatic rings. The number of hydrogen-bond acceptors (Lipinski definition) is 5. The fourth-order valence-electron chi connectivity index (χ4n) is 1.44. The highest BCUT2D eigenvalue weighted by molar-refractivity contribution is 7.90. The Balaban J connectivity index is 2.50. The molecule has 0 radical (unpaired) electrons. The molecule has 16 heavy (non-hydrogen) atoms. The van der Waals surface area contributed by atoms with Crippen LogP contribution in [0.3, 0.4) is 0 Å². The normalized spacial score (nSPS) is 13.7. The lowest BCUT2D eigenvalue weighted by Crippen LogP contribution is -2.12. The Kier molecular flexibility index (Phi) is 4.76. The van der Waals surface area contributed by atoms with Crippen LogP contribution in [0.2, 0.25) is 0 Å². The highest BCUT2D eigenvalue weighted by Crippen LogP contribution is 2.31. The molecule has 0 aromatic carbocycles. The zero-order valence-corrected chi connectivity index (χ0v) is 11.1. The molecule has 2 N–H and O–H groups in total. The number of rotatable bonds is 6. The van der Waals surface area contributed by atoms with Gasteiger partial charge in [-0.15, -0.1) is 11.3 Å². The topological polar surface area (TPSA) is 69.4 Å². The summed E-state index contributed by atoms with van der Waals surface area (Å²) >= 11 is 1.54. The zero-order chi connectivity index (χ0) is 12.2. The molecule has 0 aliphatic heterocycles. The van der Waals surface area contributed by atoms with Gasteiger partial charge in [0.05, 0.1) is 12.0 Å². The molecule has 1 rings (SSSR count). The summed E-state index contributed by atoms with van der Waals surface area (Å²) in [7, 11) is -1.28. The SMILES string of the molecule is COc1ccsc1C(N)CCCS(C)(=O)=O. The van der Waals surface area contributed by atoms with Crippen molar-refractivity contribution in [2.75, 3.05) is 19.1 Å². The first-order valence-corrected chi connectivity index (χ1v) is 7.92. The van der Waals surface area contributed by atoms with E-state index in [-0.39, 0.29) is 11.8 Å². The van der Waals surface area contributed by atoms with Crippen molar-refractivity contribution >= 4 is 21.2 Å². The highest BCUT2D eigenvalue weighted by Gasteiger charge is 2.14. The molecule has 0 amide bonds. The molecule has 6 heteroatoms. The summed E-state index contributed by atoms with van der Waals surface area (Å²) in [5, 5.41) is 1.92. The Morgan fingerprint density at radius 1 is 1.56 bits per heavy atom. The van der Waals surface area contributed by atoms with Crippen molar-refractivity contribution in [1.29, 1.82) is 0 Å². The van der Waals surface area contributed by atoms with Gasteiger partial charge in [0, 0.05) is 18.1 Å². The van der Waals surface area contributed by atoms with Crippen molar-refractivity contribution < 1.29 is 13.2 Å². The highest BCUT2D eigenvalue weighted by atomic mass is 32.2. The third-order valence-electron chi connectivity index (χ3n) is 2.24. The minimum absolute atomic E-state index is 0.142. The maximum absolute atomic E-state index is 11.0. The van der Waals surface area contributed by atoms with Crippen LogP contribution in [0.15, 0.2) is 11.4 Å². The molecule has 0 fully saturated rings. The lowest BCUT2D eigenvalue weighted by molar-refractivity contribution is 0.407. The van der Waals surface area contributed by atoms with Crippen LogP contribution in [0, 0.1) is 0 Å². The molecule has 0 saturated carbocycles. The summed E-state index contributed by atoms with van der Waals surface area (Å²) in [6.45, 7) is 0. The van der Waals surface area contributed by atoms with Crippen molar-refractivity contribution in [2.24, 2.45) is 5.73 Å². The summed E-state index contributed by atoms with van der Waals surface area (Å²) in [6.07, 6.45) is 2.48. The van der Waals surface area contributed by atoms with Gasteiger partial charge in [-0.2, -0.15) is 0 Å². The Labute approximate surface area is 100 Å². The second-order valence-corrected chi connectivity index (χ2v) is 6.94. The molecular formula is C10H17NO3S2. The minimum atomic E-state index is -2.89. The number of hydrogen-bond donors (Lipinski definition) is 1. The van der Waals surface area contributed by atoms with E-state index >= 15 is 0 Å². The van der Waals surface area contributed by atoms with E-state index in [0.29, 0.717) is 12.8 Å². The quantitative estimate of drug-likeness (QED) is 0.846. The maximum atomic E-state index is 11.0. The molecule has 4 nitrogen and oxygen atoms in total.